The molecule has 106 valence electrons. The molecule has 21 heavy (non-hydrogen) atoms. The van der Waals surface area contributed by atoms with Crippen LogP contribution in [0.25, 0.3) is 0 Å². The Morgan fingerprint density at radius 2 is 1.90 bits per heavy atom. The zero-order chi connectivity index (χ0) is 15.2. The summed E-state index contributed by atoms with van der Waals surface area (Å²) in [5.74, 6) is -1.99. The molecule has 0 bridgehead atoms. The minimum absolute atomic E-state index is 0.237. The van der Waals surface area contributed by atoms with Gasteiger partial charge in [-0.25, -0.2) is 10.2 Å². The number of amides is 1. The van der Waals surface area contributed by atoms with Crippen LogP contribution in [-0.4, -0.2) is 33.3 Å². The Kier molecular flexibility index (Phi) is 4.25. The van der Waals surface area contributed by atoms with Gasteiger partial charge in [-0.2, -0.15) is 5.10 Å². The van der Waals surface area contributed by atoms with Gasteiger partial charge in [0.05, 0.1) is 6.21 Å². The molecule has 1 aromatic heterocycles. The summed E-state index contributed by atoms with van der Waals surface area (Å²) in [6, 6.07) is 7.04. The van der Waals surface area contributed by atoms with Gasteiger partial charge in [0.1, 0.15) is 11.3 Å². The Bertz CT molecular complexity index is 699. The van der Waals surface area contributed by atoms with Crippen molar-refractivity contribution in [2.75, 3.05) is 0 Å². The van der Waals surface area contributed by atoms with Gasteiger partial charge in [-0.15, -0.1) is 0 Å². The largest absolute Gasteiger partial charge is 0.507 e. The molecule has 0 aliphatic carbocycles. The number of hydrogen-bond acceptors (Lipinski definition) is 5. The summed E-state index contributed by atoms with van der Waals surface area (Å²) in [7, 11) is 0. The van der Waals surface area contributed by atoms with E-state index in [1.807, 2.05) is 0 Å². The van der Waals surface area contributed by atoms with E-state index in [9.17, 15) is 14.7 Å². The van der Waals surface area contributed by atoms with E-state index in [0.29, 0.717) is 11.1 Å². The standard InChI is InChI=1S/C14H11N3O4/c18-12-2-1-9(7-11(12)14(20)21)8-16-17-13(19)10-3-5-15-6-4-10/h1-8,18H,(H,17,19)(H,20,21). The lowest BCUT2D eigenvalue weighted by atomic mass is 10.1. The van der Waals surface area contributed by atoms with Crippen LogP contribution < -0.4 is 5.43 Å². The number of benzene rings is 1. The molecule has 0 fully saturated rings. The Morgan fingerprint density at radius 1 is 1.19 bits per heavy atom. The van der Waals surface area contributed by atoms with Crippen LogP contribution in [0.2, 0.25) is 0 Å². The van der Waals surface area contributed by atoms with Crippen LogP contribution in [0.3, 0.4) is 0 Å². The number of hydrazone groups is 1. The van der Waals surface area contributed by atoms with E-state index in [4.69, 9.17) is 5.11 Å². The number of nitrogens with one attached hydrogen (secondary N) is 1. The smallest absolute Gasteiger partial charge is 0.339 e. The predicted octanol–water partition coefficient (Wildman–Crippen LogP) is 1.25. The van der Waals surface area contributed by atoms with E-state index in [0.717, 1.165) is 0 Å². The fourth-order valence-corrected chi connectivity index (χ4v) is 1.54. The molecule has 7 heteroatoms. The number of aromatic hydroxyl groups is 1. The van der Waals surface area contributed by atoms with Crippen molar-refractivity contribution in [3.63, 3.8) is 0 Å². The normalized spacial score (nSPS) is 10.5. The minimum Gasteiger partial charge on any atom is -0.507 e. The number of carbonyl (C=O) groups excluding carboxylic acids is 1. The van der Waals surface area contributed by atoms with Gasteiger partial charge >= 0.3 is 5.97 Å². The number of nitrogens with zero attached hydrogens (tertiary/aromatic N) is 2. The number of aromatic carboxylic acids is 1. The van der Waals surface area contributed by atoms with E-state index in [1.54, 1.807) is 0 Å². The molecule has 0 saturated carbocycles. The summed E-state index contributed by atoms with van der Waals surface area (Å²) in [4.78, 5) is 26.3. The van der Waals surface area contributed by atoms with Gasteiger partial charge in [0, 0.05) is 18.0 Å². The number of carbonyl (C=O) groups is 2. The van der Waals surface area contributed by atoms with Crippen LogP contribution in [0.15, 0.2) is 47.8 Å². The van der Waals surface area contributed by atoms with Crippen molar-refractivity contribution >= 4 is 18.1 Å². The SMILES string of the molecule is O=C(NN=Cc1ccc(O)c(C(=O)O)c1)c1ccncc1. The number of carboxylic acids is 1. The molecule has 2 aromatic rings. The van der Waals surface area contributed by atoms with Gasteiger partial charge in [0.25, 0.3) is 5.91 Å². The molecule has 0 radical (unpaired) electrons. The highest BCUT2D eigenvalue weighted by molar-refractivity contribution is 5.96. The highest BCUT2D eigenvalue weighted by Gasteiger charge is 2.09. The topological polar surface area (TPSA) is 112 Å². The van der Waals surface area contributed by atoms with E-state index >= 15 is 0 Å². The number of aromatic nitrogens is 1. The molecule has 0 aliphatic rings. The maximum atomic E-state index is 11.7. The van der Waals surface area contributed by atoms with Crippen LogP contribution >= 0.6 is 0 Å². The second-order valence-electron chi connectivity index (χ2n) is 4.02. The second-order valence-corrected chi connectivity index (χ2v) is 4.02. The Morgan fingerprint density at radius 3 is 2.57 bits per heavy atom. The molecular formula is C14H11N3O4. The lowest BCUT2D eigenvalue weighted by Crippen LogP contribution is -2.17. The summed E-state index contributed by atoms with van der Waals surface area (Å²) >= 11 is 0. The quantitative estimate of drug-likeness (QED) is 0.578. The lowest BCUT2D eigenvalue weighted by Gasteiger charge is -2.01. The Hall–Kier alpha value is -3.22. The van der Waals surface area contributed by atoms with E-state index in [1.165, 1.54) is 48.9 Å². The first-order chi connectivity index (χ1) is 10.1. The molecule has 0 spiro atoms. The van der Waals surface area contributed by atoms with Crippen molar-refractivity contribution in [2.24, 2.45) is 5.10 Å². The maximum absolute atomic E-state index is 11.7. The van der Waals surface area contributed by atoms with Crippen molar-refractivity contribution < 1.29 is 19.8 Å². The maximum Gasteiger partial charge on any atom is 0.339 e. The number of hydrogen-bond donors (Lipinski definition) is 3. The van der Waals surface area contributed by atoms with Crippen molar-refractivity contribution in [1.29, 1.82) is 0 Å². The zero-order valence-electron chi connectivity index (χ0n) is 10.7. The summed E-state index contributed by atoms with van der Waals surface area (Å²) < 4.78 is 0. The third kappa shape index (κ3) is 3.63. The number of phenols is 1. The van der Waals surface area contributed by atoms with E-state index in [2.05, 4.69) is 15.5 Å². The van der Waals surface area contributed by atoms with Crippen LogP contribution in [0.4, 0.5) is 0 Å². The van der Waals surface area contributed by atoms with Gasteiger partial charge in [-0.1, -0.05) is 0 Å². The first-order valence-corrected chi connectivity index (χ1v) is 5.87. The molecule has 0 unspecified atom stereocenters. The molecule has 0 atom stereocenters. The summed E-state index contributed by atoms with van der Waals surface area (Å²) in [5.41, 5.74) is 2.90. The van der Waals surface area contributed by atoms with E-state index in [-0.39, 0.29) is 11.3 Å². The third-order valence-electron chi connectivity index (χ3n) is 2.57. The van der Waals surface area contributed by atoms with Crippen LogP contribution in [0, 0.1) is 0 Å². The predicted molar refractivity (Wildman–Crippen MR) is 74.4 cm³/mol. The van der Waals surface area contributed by atoms with Crippen molar-refractivity contribution in [2.45, 2.75) is 0 Å². The first-order valence-electron chi connectivity index (χ1n) is 5.87. The van der Waals surface area contributed by atoms with Gasteiger partial charge in [0.15, 0.2) is 0 Å². The number of carboxylic acid groups (broad SMARTS) is 1. The summed E-state index contributed by atoms with van der Waals surface area (Å²) in [5, 5.41) is 22.0. The highest BCUT2D eigenvalue weighted by Crippen LogP contribution is 2.17. The highest BCUT2D eigenvalue weighted by atomic mass is 16.4. The van der Waals surface area contributed by atoms with E-state index < -0.39 is 11.9 Å². The van der Waals surface area contributed by atoms with Gasteiger partial charge in [0.2, 0.25) is 0 Å². The second kappa shape index (κ2) is 6.29. The first kappa shape index (κ1) is 14.2. The van der Waals surface area contributed by atoms with Crippen molar-refractivity contribution in [1.82, 2.24) is 10.4 Å². The van der Waals surface area contributed by atoms with Crippen molar-refractivity contribution in [3.8, 4) is 5.75 Å². The lowest BCUT2D eigenvalue weighted by molar-refractivity contribution is 0.0693. The Balaban J connectivity index is 2.07. The Labute approximate surface area is 119 Å². The molecule has 1 heterocycles. The fraction of sp³-hybridized carbons (Fsp3) is 0. The summed E-state index contributed by atoms with van der Waals surface area (Å²) in [6.07, 6.45) is 4.25. The van der Waals surface area contributed by atoms with Crippen LogP contribution in [0.1, 0.15) is 26.3 Å². The summed E-state index contributed by atoms with van der Waals surface area (Å²) in [6.45, 7) is 0. The zero-order valence-corrected chi connectivity index (χ0v) is 10.7. The molecular weight excluding hydrogens is 274 g/mol. The average molecular weight is 285 g/mol. The molecule has 1 aromatic carbocycles. The molecule has 7 nitrogen and oxygen atoms in total. The molecule has 0 aliphatic heterocycles. The fourth-order valence-electron chi connectivity index (χ4n) is 1.54. The van der Waals surface area contributed by atoms with Crippen LogP contribution in [0.5, 0.6) is 5.75 Å². The van der Waals surface area contributed by atoms with Crippen molar-refractivity contribution in [3.05, 3.63) is 59.4 Å². The molecule has 0 saturated heterocycles. The monoisotopic (exact) mass is 285 g/mol. The van der Waals surface area contributed by atoms with Gasteiger partial charge in [-0.3, -0.25) is 9.78 Å². The third-order valence-corrected chi connectivity index (χ3v) is 2.57. The van der Waals surface area contributed by atoms with Crippen LogP contribution in [-0.2, 0) is 0 Å². The molecule has 2 rings (SSSR count). The molecule has 1 amide bonds. The minimum atomic E-state index is -1.25. The number of pyridine rings is 1. The molecule has 3 N–H and O–H groups in total. The average Bonchev–Trinajstić information content (AvgIpc) is 2.49. The number of rotatable bonds is 4. The van der Waals surface area contributed by atoms with Gasteiger partial charge in [-0.05, 0) is 35.9 Å². The van der Waals surface area contributed by atoms with Gasteiger partial charge < -0.3 is 10.2 Å².